The maximum absolute atomic E-state index is 6.21. The third-order valence-corrected chi connectivity index (χ3v) is 3.22. The van der Waals surface area contributed by atoms with E-state index in [1.54, 1.807) is 13.2 Å². The number of benzene rings is 1. The maximum Gasteiger partial charge on any atom is 0.216 e. The predicted molar refractivity (Wildman–Crippen MR) is 75.4 cm³/mol. The minimum Gasteiger partial charge on any atom is -0.481 e. The molecule has 2 N–H and O–H groups in total. The van der Waals surface area contributed by atoms with Crippen molar-refractivity contribution in [3.63, 3.8) is 0 Å². The molecule has 2 aromatic rings. The number of halogens is 1. The largest absolute Gasteiger partial charge is 0.481 e. The lowest BCUT2D eigenvalue weighted by atomic mass is 10.0. The quantitative estimate of drug-likeness (QED) is 0.933. The van der Waals surface area contributed by atoms with Crippen LogP contribution < -0.4 is 10.5 Å². The van der Waals surface area contributed by atoms with Crippen molar-refractivity contribution in [1.29, 1.82) is 0 Å². The van der Waals surface area contributed by atoms with Crippen LogP contribution in [0.1, 0.15) is 22.9 Å². The van der Waals surface area contributed by atoms with E-state index in [0.717, 1.165) is 16.8 Å². The summed E-state index contributed by atoms with van der Waals surface area (Å²) in [7, 11) is 1.57. The molecule has 100 valence electrons. The first kappa shape index (κ1) is 13.8. The van der Waals surface area contributed by atoms with Crippen molar-refractivity contribution in [3.8, 4) is 5.88 Å². The highest BCUT2D eigenvalue weighted by Gasteiger charge is 2.12. The second kappa shape index (κ2) is 5.99. The molecule has 0 bridgehead atoms. The summed E-state index contributed by atoms with van der Waals surface area (Å²) in [4.78, 5) is 8.15. The number of ether oxygens (including phenoxy) is 1. The van der Waals surface area contributed by atoms with Gasteiger partial charge in [-0.15, -0.1) is 0 Å². The van der Waals surface area contributed by atoms with Crippen molar-refractivity contribution in [3.05, 3.63) is 52.4 Å². The number of aromatic nitrogens is 2. The molecule has 0 aliphatic rings. The first-order chi connectivity index (χ1) is 9.10. The van der Waals surface area contributed by atoms with Gasteiger partial charge in [0.25, 0.3) is 0 Å². The summed E-state index contributed by atoms with van der Waals surface area (Å²) in [6.07, 6.45) is 2.05. The molecular formula is C14H16ClN3O. The Labute approximate surface area is 117 Å². The van der Waals surface area contributed by atoms with Gasteiger partial charge in [0, 0.05) is 29.2 Å². The van der Waals surface area contributed by atoms with Crippen LogP contribution in [0.4, 0.5) is 0 Å². The first-order valence-corrected chi connectivity index (χ1v) is 6.34. The summed E-state index contributed by atoms with van der Waals surface area (Å²) >= 11 is 6.21. The Hall–Kier alpha value is -1.65. The molecule has 0 saturated heterocycles. The van der Waals surface area contributed by atoms with Gasteiger partial charge in [0.1, 0.15) is 6.33 Å². The van der Waals surface area contributed by atoms with E-state index in [4.69, 9.17) is 22.1 Å². The third kappa shape index (κ3) is 3.43. The number of methoxy groups -OCH3 is 1. The Bertz CT molecular complexity index is 574. The van der Waals surface area contributed by atoms with Gasteiger partial charge in [-0.25, -0.2) is 9.97 Å². The molecule has 0 fully saturated rings. The van der Waals surface area contributed by atoms with E-state index >= 15 is 0 Å². The van der Waals surface area contributed by atoms with Crippen molar-refractivity contribution in [2.45, 2.75) is 19.4 Å². The normalized spacial score (nSPS) is 12.2. The van der Waals surface area contributed by atoms with Crippen molar-refractivity contribution < 1.29 is 4.74 Å². The van der Waals surface area contributed by atoms with E-state index in [0.29, 0.717) is 17.3 Å². The Kier molecular flexibility index (Phi) is 4.35. The van der Waals surface area contributed by atoms with Crippen LogP contribution in [-0.4, -0.2) is 17.1 Å². The topological polar surface area (TPSA) is 61.0 Å². The van der Waals surface area contributed by atoms with Crippen molar-refractivity contribution in [2.75, 3.05) is 7.11 Å². The monoisotopic (exact) mass is 277 g/mol. The lowest BCUT2D eigenvalue weighted by Gasteiger charge is -2.14. The number of nitrogens with two attached hydrogens (primary N) is 1. The summed E-state index contributed by atoms with van der Waals surface area (Å²) in [5.74, 6) is 0.534. The molecule has 5 heteroatoms. The molecular weight excluding hydrogens is 262 g/mol. The third-order valence-electron chi connectivity index (χ3n) is 2.89. The molecule has 0 aliphatic carbocycles. The van der Waals surface area contributed by atoms with Gasteiger partial charge in [-0.2, -0.15) is 0 Å². The van der Waals surface area contributed by atoms with E-state index in [1.807, 2.05) is 25.1 Å². The molecule has 19 heavy (non-hydrogen) atoms. The number of nitrogens with zero attached hydrogens (tertiary/aromatic N) is 2. The summed E-state index contributed by atoms with van der Waals surface area (Å²) < 4.78 is 5.06. The van der Waals surface area contributed by atoms with Crippen LogP contribution in [0.25, 0.3) is 0 Å². The van der Waals surface area contributed by atoms with E-state index in [9.17, 15) is 0 Å². The maximum atomic E-state index is 6.21. The molecule has 4 nitrogen and oxygen atoms in total. The van der Waals surface area contributed by atoms with Gasteiger partial charge in [0.05, 0.1) is 7.11 Å². The van der Waals surface area contributed by atoms with E-state index in [-0.39, 0.29) is 6.04 Å². The molecule has 1 atom stereocenters. The Balaban J connectivity index is 2.17. The molecule has 1 heterocycles. The summed E-state index contributed by atoms with van der Waals surface area (Å²) in [5, 5.41) is 0.688. The van der Waals surface area contributed by atoms with Gasteiger partial charge in [-0.1, -0.05) is 23.7 Å². The number of rotatable bonds is 4. The average Bonchev–Trinajstić information content (AvgIpc) is 2.38. The number of hydrogen-bond acceptors (Lipinski definition) is 4. The lowest BCUT2D eigenvalue weighted by molar-refractivity contribution is 0.395. The van der Waals surface area contributed by atoms with Gasteiger partial charge >= 0.3 is 0 Å². The van der Waals surface area contributed by atoms with Crippen molar-refractivity contribution >= 4 is 11.6 Å². The molecule has 1 aromatic heterocycles. The molecule has 2 rings (SSSR count). The van der Waals surface area contributed by atoms with Crippen molar-refractivity contribution in [2.24, 2.45) is 5.73 Å². The van der Waals surface area contributed by atoms with Crippen LogP contribution in [0.2, 0.25) is 5.02 Å². The molecule has 1 aromatic carbocycles. The van der Waals surface area contributed by atoms with E-state index in [2.05, 4.69) is 9.97 Å². The minimum absolute atomic E-state index is 0.201. The van der Waals surface area contributed by atoms with Crippen LogP contribution in [0, 0.1) is 6.92 Å². The number of hydrogen-bond donors (Lipinski definition) is 1. The highest BCUT2D eigenvalue weighted by molar-refractivity contribution is 6.31. The van der Waals surface area contributed by atoms with Crippen molar-refractivity contribution in [1.82, 2.24) is 9.97 Å². The zero-order valence-corrected chi connectivity index (χ0v) is 11.7. The summed E-state index contributed by atoms with van der Waals surface area (Å²) in [6, 6.07) is 7.45. The first-order valence-electron chi connectivity index (χ1n) is 5.96. The average molecular weight is 278 g/mol. The van der Waals surface area contributed by atoms with E-state index in [1.165, 1.54) is 6.33 Å². The fourth-order valence-electron chi connectivity index (χ4n) is 1.87. The zero-order chi connectivity index (χ0) is 13.8. The SMILES string of the molecule is COc1cc(CC(N)c2ccc(C)cc2Cl)ncn1. The Morgan fingerprint density at radius 1 is 1.32 bits per heavy atom. The molecule has 1 unspecified atom stereocenters. The van der Waals surface area contributed by atoms with Gasteiger partial charge in [-0.05, 0) is 24.1 Å². The van der Waals surface area contributed by atoms with E-state index < -0.39 is 0 Å². The molecule has 0 spiro atoms. The van der Waals surface area contributed by atoms with Crippen LogP contribution >= 0.6 is 11.6 Å². The van der Waals surface area contributed by atoms with Gasteiger partial charge in [-0.3, -0.25) is 0 Å². The molecule has 0 amide bonds. The predicted octanol–water partition coefficient (Wildman–Crippen LogP) is 2.69. The highest BCUT2D eigenvalue weighted by atomic mass is 35.5. The van der Waals surface area contributed by atoms with Gasteiger partial charge in [0.2, 0.25) is 5.88 Å². The second-order valence-corrected chi connectivity index (χ2v) is 4.79. The smallest absolute Gasteiger partial charge is 0.216 e. The molecule has 0 aliphatic heterocycles. The molecule has 0 saturated carbocycles. The van der Waals surface area contributed by atoms with Gasteiger partial charge in [0.15, 0.2) is 0 Å². The summed E-state index contributed by atoms with van der Waals surface area (Å²) in [6.45, 7) is 2.00. The lowest BCUT2D eigenvalue weighted by Crippen LogP contribution is -2.15. The zero-order valence-electron chi connectivity index (χ0n) is 10.9. The van der Waals surface area contributed by atoms with Crippen LogP contribution in [-0.2, 0) is 6.42 Å². The summed E-state index contributed by atoms with van der Waals surface area (Å²) in [5.41, 5.74) is 9.05. The minimum atomic E-state index is -0.201. The molecule has 0 radical (unpaired) electrons. The standard InChI is InChI=1S/C14H16ClN3O/c1-9-3-4-11(12(15)5-9)13(16)6-10-7-14(19-2)18-8-17-10/h3-5,7-8,13H,6,16H2,1-2H3. The second-order valence-electron chi connectivity index (χ2n) is 4.39. The fourth-order valence-corrected chi connectivity index (χ4v) is 2.24. The van der Waals surface area contributed by atoms with Crippen LogP contribution in [0.15, 0.2) is 30.6 Å². The Morgan fingerprint density at radius 2 is 2.11 bits per heavy atom. The Morgan fingerprint density at radius 3 is 2.79 bits per heavy atom. The number of aryl methyl sites for hydroxylation is 1. The fraction of sp³-hybridized carbons (Fsp3) is 0.286. The highest BCUT2D eigenvalue weighted by Crippen LogP contribution is 2.25. The van der Waals surface area contributed by atoms with Crippen LogP contribution in [0.5, 0.6) is 5.88 Å². The van der Waals surface area contributed by atoms with Crippen LogP contribution in [0.3, 0.4) is 0 Å². The van der Waals surface area contributed by atoms with Gasteiger partial charge < -0.3 is 10.5 Å².